The van der Waals surface area contributed by atoms with Gasteiger partial charge in [0.1, 0.15) is 5.75 Å². The van der Waals surface area contributed by atoms with Gasteiger partial charge in [0, 0.05) is 48.8 Å². The molecule has 1 aromatic carbocycles. The minimum absolute atomic E-state index is 0.320. The summed E-state index contributed by atoms with van der Waals surface area (Å²) in [5, 5.41) is 9.63. The molecule has 6 heteroatoms. The van der Waals surface area contributed by atoms with Gasteiger partial charge in [-0.3, -0.25) is 9.80 Å². The van der Waals surface area contributed by atoms with Gasteiger partial charge < -0.3 is 9.84 Å². The van der Waals surface area contributed by atoms with Crippen molar-refractivity contribution in [3.05, 3.63) is 28.8 Å². The number of benzene rings is 1. The number of carboxylic acid groups (broad SMARTS) is 1. The molecule has 1 aliphatic carbocycles. The second-order valence-electron chi connectivity index (χ2n) is 9.59. The number of halogens is 1. The summed E-state index contributed by atoms with van der Waals surface area (Å²) in [4.78, 5) is 16.4. The van der Waals surface area contributed by atoms with Crippen molar-refractivity contribution >= 4 is 17.6 Å². The first-order chi connectivity index (χ1) is 14.1. The number of piperidine rings is 3. The van der Waals surface area contributed by atoms with Crippen molar-refractivity contribution in [2.75, 3.05) is 26.2 Å². The summed E-state index contributed by atoms with van der Waals surface area (Å²) in [6.45, 7) is 3.96. The summed E-state index contributed by atoms with van der Waals surface area (Å²) < 4.78 is 5.53. The summed E-state index contributed by atoms with van der Waals surface area (Å²) >= 11 is 6.24. The van der Waals surface area contributed by atoms with E-state index in [1.807, 2.05) is 6.07 Å². The molecule has 0 unspecified atom stereocenters. The van der Waals surface area contributed by atoms with Crippen LogP contribution in [0.25, 0.3) is 0 Å². The Kier molecular flexibility index (Phi) is 5.48. The third kappa shape index (κ3) is 4.28. The van der Waals surface area contributed by atoms with E-state index in [0.717, 1.165) is 55.0 Å². The third-order valence-corrected chi connectivity index (χ3v) is 7.68. The van der Waals surface area contributed by atoms with Gasteiger partial charge in [-0.25, -0.2) is 4.79 Å². The average molecular weight is 419 g/mol. The molecule has 1 aromatic rings. The maximum Gasteiger partial charge on any atom is 0.341 e. The van der Waals surface area contributed by atoms with Crippen LogP contribution in [0.3, 0.4) is 0 Å². The number of ether oxygens (including phenoxy) is 1. The molecule has 158 valence electrons. The Labute approximate surface area is 178 Å². The quantitative estimate of drug-likeness (QED) is 0.759. The van der Waals surface area contributed by atoms with Crippen LogP contribution in [0.4, 0.5) is 0 Å². The Morgan fingerprint density at radius 3 is 2.66 bits per heavy atom. The van der Waals surface area contributed by atoms with E-state index in [2.05, 4.69) is 9.80 Å². The molecule has 3 heterocycles. The molecule has 0 spiro atoms. The molecule has 1 N–H and O–H groups in total. The summed E-state index contributed by atoms with van der Waals surface area (Å²) in [7, 11) is 0. The lowest BCUT2D eigenvalue weighted by atomic mass is 9.74. The molecule has 2 bridgehead atoms. The van der Waals surface area contributed by atoms with Crippen LogP contribution in [0.1, 0.15) is 44.1 Å². The second kappa shape index (κ2) is 8.09. The van der Waals surface area contributed by atoms with E-state index in [4.69, 9.17) is 21.4 Å². The van der Waals surface area contributed by atoms with E-state index >= 15 is 0 Å². The fraction of sp³-hybridized carbons (Fsp3) is 0.696. The van der Waals surface area contributed by atoms with Crippen molar-refractivity contribution in [1.29, 1.82) is 0 Å². The minimum atomic E-state index is -0.957. The predicted molar refractivity (Wildman–Crippen MR) is 112 cm³/mol. The number of nitrogens with zero attached hydrogens (tertiary/aromatic N) is 2. The van der Waals surface area contributed by atoms with Crippen LogP contribution in [0, 0.1) is 17.8 Å². The van der Waals surface area contributed by atoms with Crippen LogP contribution < -0.4 is 4.74 Å². The molecular formula is C23H31ClN2O3. The van der Waals surface area contributed by atoms with Crippen LogP contribution in [-0.4, -0.2) is 59.2 Å². The molecule has 5 rings (SSSR count). The Bertz CT molecular complexity index is 768. The number of fused-ring (bicyclic) bond motifs is 4. The van der Waals surface area contributed by atoms with Gasteiger partial charge in [0.05, 0.1) is 0 Å². The summed E-state index contributed by atoms with van der Waals surface area (Å²) in [6.07, 6.45) is 8.43. The van der Waals surface area contributed by atoms with Crippen LogP contribution in [-0.2, 0) is 11.3 Å². The molecule has 3 saturated heterocycles. The lowest BCUT2D eigenvalue weighted by Gasteiger charge is -2.55. The van der Waals surface area contributed by atoms with Gasteiger partial charge in [-0.2, -0.15) is 0 Å². The van der Waals surface area contributed by atoms with Crippen LogP contribution in [0.2, 0.25) is 5.02 Å². The molecule has 4 fully saturated rings. The minimum Gasteiger partial charge on any atom is -0.482 e. The Morgan fingerprint density at radius 1 is 1.10 bits per heavy atom. The van der Waals surface area contributed by atoms with Gasteiger partial charge in [0.25, 0.3) is 0 Å². The Balaban J connectivity index is 1.29. The number of carboxylic acids is 1. The molecule has 1 saturated carbocycles. The zero-order chi connectivity index (χ0) is 20.0. The van der Waals surface area contributed by atoms with Gasteiger partial charge in [-0.05, 0) is 68.1 Å². The summed E-state index contributed by atoms with van der Waals surface area (Å²) in [5.74, 6) is 2.16. The van der Waals surface area contributed by atoms with Gasteiger partial charge in [0.2, 0.25) is 0 Å². The fourth-order valence-corrected chi connectivity index (χ4v) is 6.45. The number of rotatable bonds is 6. The lowest BCUT2D eigenvalue weighted by Crippen LogP contribution is -2.61. The third-order valence-electron chi connectivity index (χ3n) is 7.44. The number of hydrogen-bond donors (Lipinski definition) is 1. The van der Waals surface area contributed by atoms with Gasteiger partial charge in [-0.15, -0.1) is 0 Å². The van der Waals surface area contributed by atoms with Crippen LogP contribution in [0.15, 0.2) is 18.2 Å². The topological polar surface area (TPSA) is 53.0 Å². The molecule has 29 heavy (non-hydrogen) atoms. The molecule has 4 aliphatic rings. The van der Waals surface area contributed by atoms with Crippen molar-refractivity contribution in [1.82, 2.24) is 9.80 Å². The zero-order valence-electron chi connectivity index (χ0n) is 16.9. The SMILES string of the molecule is O=C(O)COc1ccc(Cl)cc1CN1C[C@@H]2C[C@H](C1)[C@@H]1CCC[C@H](C3CC3)N1C2. The van der Waals surface area contributed by atoms with Crippen molar-refractivity contribution in [3.63, 3.8) is 0 Å². The van der Waals surface area contributed by atoms with Gasteiger partial charge in [-0.1, -0.05) is 18.0 Å². The van der Waals surface area contributed by atoms with Crippen molar-refractivity contribution in [2.45, 2.75) is 57.2 Å². The zero-order valence-corrected chi connectivity index (χ0v) is 17.7. The van der Waals surface area contributed by atoms with E-state index in [0.29, 0.717) is 10.8 Å². The predicted octanol–water partition coefficient (Wildman–Crippen LogP) is 3.89. The number of hydrogen-bond acceptors (Lipinski definition) is 4. The highest BCUT2D eigenvalue weighted by molar-refractivity contribution is 6.30. The highest BCUT2D eigenvalue weighted by atomic mass is 35.5. The number of carbonyl (C=O) groups is 1. The highest BCUT2D eigenvalue weighted by Crippen LogP contribution is 2.46. The fourth-order valence-electron chi connectivity index (χ4n) is 6.26. The van der Waals surface area contributed by atoms with Crippen LogP contribution >= 0.6 is 11.6 Å². The Morgan fingerprint density at radius 2 is 1.90 bits per heavy atom. The molecule has 3 aliphatic heterocycles. The first kappa shape index (κ1) is 19.7. The van der Waals surface area contributed by atoms with E-state index in [-0.39, 0.29) is 6.61 Å². The molecular weight excluding hydrogens is 388 g/mol. The van der Waals surface area contributed by atoms with E-state index in [9.17, 15) is 4.79 Å². The number of likely N-dealkylation sites (tertiary alicyclic amines) is 1. The highest BCUT2D eigenvalue weighted by Gasteiger charge is 2.47. The van der Waals surface area contributed by atoms with Gasteiger partial charge >= 0.3 is 5.97 Å². The largest absolute Gasteiger partial charge is 0.482 e. The maximum absolute atomic E-state index is 10.9. The van der Waals surface area contributed by atoms with Crippen molar-refractivity contribution in [2.24, 2.45) is 17.8 Å². The normalized spacial score (nSPS) is 32.6. The second-order valence-corrected chi connectivity index (χ2v) is 10.0. The van der Waals surface area contributed by atoms with E-state index < -0.39 is 5.97 Å². The smallest absolute Gasteiger partial charge is 0.341 e. The molecule has 0 radical (unpaired) electrons. The molecule has 4 atom stereocenters. The van der Waals surface area contributed by atoms with E-state index in [1.54, 1.807) is 12.1 Å². The summed E-state index contributed by atoms with van der Waals surface area (Å²) in [6, 6.07) is 7.11. The lowest BCUT2D eigenvalue weighted by molar-refractivity contribution is -0.139. The molecule has 5 nitrogen and oxygen atoms in total. The Hall–Kier alpha value is -1.30. The monoisotopic (exact) mass is 418 g/mol. The standard InChI is InChI=1S/C23H31ClN2O3/c24-19-6-7-22(29-14-23(27)28)18(9-19)13-25-10-15-8-17(12-25)21-3-1-2-20(16-4-5-16)26(21)11-15/h6-7,9,15-17,20-21H,1-5,8,10-14H2,(H,27,28)/t15-,17+,20+,21-/m0/s1. The van der Waals surface area contributed by atoms with E-state index in [1.165, 1.54) is 45.1 Å². The van der Waals surface area contributed by atoms with Crippen LogP contribution in [0.5, 0.6) is 5.75 Å². The van der Waals surface area contributed by atoms with Crippen molar-refractivity contribution < 1.29 is 14.6 Å². The molecule has 0 amide bonds. The average Bonchev–Trinajstić information content (AvgIpc) is 3.52. The maximum atomic E-state index is 10.9. The first-order valence-corrected chi connectivity index (χ1v) is 11.6. The van der Waals surface area contributed by atoms with Gasteiger partial charge in [0.15, 0.2) is 6.61 Å². The van der Waals surface area contributed by atoms with Crippen molar-refractivity contribution in [3.8, 4) is 5.75 Å². The molecule has 0 aromatic heterocycles. The number of aliphatic carboxylic acids is 1. The summed E-state index contributed by atoms with van der Waals surface area (Å²) in [5.41, 5.74) is 0.995. The first-order valence-electron chi connectivity index (χ1n) is 11.2.